The van der Waals surface area contributed by atoms with Crippen LogP contribution in [0.2, 0.25) is 0 Å². The molecule has 0 spiro atoms. The fourth-order valence-electron chi connectivity index (χ4n) is 1.55. The van der Waals surface area contributed by atoms with Crippen LogP contribution in [0.5, 0.6) is 0 Å². The molecule has 0 atom stereocenters. The van der Waals surface area contributed by atoms with Crippen LogP contribution >= 0.6 is 22.7 Å². The lowest BCUT2D eigenvalue weighted by molar-refractivity contribution is 0.101. The Morgan fingerprint density at radius 3 is 2.67 bits per heavy atom. The molecular formula is C11H11NOS2. The molecule has 15 heavy (non-hydrogen) atoms. The summed E-state index contributed by atoms with van der Waals surface area (Å²) in [6.07, 6.45) is 0. The molecule has 2 heterocycles. The van der Waals surface area contributed by atoms with Gasteiger partial charge in [0.25, 0.3) is 0 Å². The maximum absolute atomic E-state index is 11.5. The predicted molar refractivity (Wildman–Crippen MR) is 66.8 cm³/mol. The lowest BCUT2D eigenvalue weighted by Crippen LogP contribution is -1.96. The van der Waals surface area contributed by atoms with E-state index in [0.717, 1.165) is 10.4 Å². The Morgan fingerprint density at radius 1 is 1.40 bits per heavy atom. The van der Waals surface area contributed by atoms with Gasteiger partial charge >= 0.3 is 0 Å². The fraction of sp³-hybridized carbons (Fsp3) is 0.182. The maximum Gasteiger partial charge on any atom is 0.163 e. The minimum Gasteiger partial charge on any atom is -0.390 e. The first kappa shape index (κ1) is 10.4. The molecule has 2 rings (SSSR count). The van der Waals surface area contributed by atoms with Gasteiger partial charge in [-0.15, -0.1) is 22.7 Å². The molecule has 0 unspecified atom stereocenters. The number of Topliss-reactive ketones (excluding diaryl/α,β-unsaturated/α-hetero) is 1. The van der Waals surface area contributed by atoms with E-state index in [9.17, 15) is 4.79 Å². The topological polar surface area (TPSA) is 43.1 Å². The predicted octanol–water partition coefficient (Wildman–Crippen LogP) is 3.57. The molecule has 0 saturated carbocycles. The number of carbonyl (C=O) groups is 1. The van der Waals surface area contributed by atoms with Crippen molar-refractivity contribution in [2.75, 3.05) is 5.73 Å². The third-order valence-electron chi connectivity index (χ3n) is 2.28. The van der Waals surface area contributed by atoms with Crippen molar-refractivity contribution in [2.24, 2.45) is 0 Å². The highest BCUT2D eigenvalue weighted by Gasteiger charge is 2.17. The minimum atomic E-state index is 0.0385. The molecule has 2 aromatic rings. The number of carbonyl (C=O) groups excluding carboxylic acids is 1. The van der Waals surface area contributed by atoms with Crippen LogP contribution in [0, 0.1) is 6.92 Å². The molecule has 0 aromatic carbocycles. The third-order valence-corrected chi connectivity index (χ3v) is 4.14. The summed E-state index contributed by atoms with van der Waals surface area (Å²) in [6, 6.07) is 2.05. The van der Waals surface area contributed by atoms with Crippen LogP contribution < -0.4 is 5.73 Å². The minimum absolute atomic E-state index is 0.0385. The second kappa shape index (κ2) is 3.79. The molecule has 2 aromatic heterocycles. The van der Waals surface area contributed by atoms with Crippen LogP contribution in [0.15, 0.2) is 16.8 Å². The molecule has 0 aliphatic rings. The van der Waals surface area contributed by atoms with Crippen molar-refractivity contribution in [3.05, 3.63) is 28.0 Å². The lowest BCUT2D eigenvalue weighted by Gasteiger charge is -2.00. The van der Waals surface area contributed by atoms with Crippen molar-refractivity contribution in [3.8, 4) is 10.4 Å². The summed E-state index contributed by atoms with van der Waals surface area (Å²) in [5.41, 5.74) is 8.65. The zero-order valence-corrected chi connectivity index (χ0v) is 10.2. The van der Waals surface area contributed by atoms with Gasteiger partial charge in [0.2, 0.25) is 0 Å². The average Bonchev–Trinajstić information content (AvgIpc) is 2.71. The van der Waals surface area contributed by atoms with Gasteiger partial charge in [0.05, 0.1) is 10.6 Å². The Balaban J connectivity index is 2.64. The van der Waals surface area contributed by atoms with E-state index in [1.54, 1.807) is 18.3 Å². The van der Waals surface area contributed by atoms with Gasteiger partial charge < -0.3 is 5.73 Å². The molecule has 0 bridgehead atoms. The monoisotopic (exact) mass is 237 g/mol. The van der Waals surface area contributed by atoms with Crippen molar-refractivity contribution in [1.82, 2.24) is 0 Å². The first-order valence-corrected chi connectivity index (χ1v) is 6.29. The molecule has 2 N–H and O–H groups in total. The van der Waals surface area contributed by atoms with E-state index in [0.29, 0.717) is 10.6 Å². The smallest absolute Gasteiger partial charge is 0.163 e. The zero-order chi connectivity index (χ0) is 11.0. The maximum atomic E-state index is 11.5. The van der Waals surface area contributed by atoms with E-state index in [4.69, 9.17) is 5.73 Å². The normalized spacial score (nSPS) is 10.5. The molecule has 0 aliphatic carbocycles. The van der Waals surface area contributed by atoms with Gasteiger partial charge in [0.15, 0.2) is 5.78 Å². The number of nitrogen functional groups attached to an aromatic ring is 1. The van der Waals surface area contributed by atoms with Crippen molar-refractivity contribution < 1.29 is 4.79 Å². The average molecular weight is 237 g/mol. The highest BCUT2D eigenvalue weighted by Crippen LogP contribution is 2.38. The summed E-state index contributed by atoms with van der Waals surface area (Å²) in [7, 11) is 0. The lowest BCUT2D eigenvalue weighted by atomic mass is 10.1. The third kappa shape index (κ3) is 1.70. The van der Waals surface area contributed by atoms with Gasteiger partial charge in [-0.1, -0.05) is 0 Å². The largest absolute Gasteiger partial charge is 0.390 e. The van der Waals surface area contributed by atoms with Crippen LogP contribution in [-0.4, -0.2) is 5.78 Å². The molecule has 0 amide bonds. The number of thiophene rings is 2. The van der Waals surface area contributed by atoms with Crippen molar-refractivity contribution in [2.45, 2.75) is 13.8 Å². The van der Waals surface area contributed by atoms with Gasteiger partial charge in [-0.05, 0) is 30.9 Å². The summed E-state index contributed by atoms with van der Waals surface area (Å²) in [5.74, 6) is 0.0385. The summed E-state index contributed by atoms with van der Waals surface area (Å²) < 4.78 is 0. The van der Waals surface area contributed by atoms with Gasteiger partial charge in [0, 0.05) is 15.8 Å². The Labute approximate surface area is 96.4 Å². The molecule has 0 aliphatic heterocycles. The molecule has 78 valence electrons. The van der Waals surface area contributed by atoms with Crippen molar-refractivity contribution in [1.29, 1.82) is 0 Å². The second-order valence-electron chi connectivity index (χ2n) is 3.38. The van der Waals surface area contributed by atoms with Crippen LogP contribution in [0.4, 0.5) is 5.00 Å². The van der Waals surface area contributed by atoms with Crippen LogP contribution in [0.3, 0.4) is 0 Å². The van der Waals surface area contributed by atoms with Crippen LogP contribution in [0.25, 0.3) is 10.4 Å². The van der Waals surface area contributed by atoms with Gasteiger partial charge in [-0.2, -0.15) is 0 Å². The van der Waals surface area contributed by atoms with E-state index in [2.05, 4.69) is 6.07 Å². The number of nitrogens with two attached hydrogens (primary N) is 1. The highest BCUT2D eigenvalue weighted by molar-refractivity contribution is 7.16. The first-order chi connectivity index (χ1) is 7.11. The Morgan fingerprint density at radius 2 is 2.13 bits per heavy atom. The zero-order valence-electron chi connectivity index (χ0n) is 8.53. The quantitative estimate of drug-likeness (QED) is 0.811. The Kier molecular flexibility index (Phi) is 2.63. The van der Waals surface area contributed by atoms with Crippen molar-refractivity contribution >= 4 is 33.5 Å². The number of ketones is 1. The molecule has 0 fully saturated rings. The van der Waals surface area contributed by atoms with Gasteiger partial charge in [-0.25, -0.2) is 0 Å². The van der Waals surface area contributed by atoms with Gasteiger partial charge in [0.1, 0.15) is 0 Å². The standard InChI is InChI=1S/C11H11NOS2/c1-6-3-4-14-10(6)8-5-15-11(12)9(8)7(2)13/h3-5H,12H2,1-2H3. The van der Waals surface area contributed by atoms with Crippen LogP contribution in [-0.2, 0) is 0 Å². The summed E-state index contributed by atoms with van der Waals surface area (Å²) in [6.45, 7) is 3.61. The highest BCUT2D eigenvalue weighted by atomic mass is 32.1. The fourth-order valence-corrected chi connectivity index (χ4v) is 3.43. The van der Waals surface area contributed by atoms with Crippen LogP contribution in [0.1, 0.15) is 22.8 Å². The van der Waals surface area contributed by atoms with E-state index in [-0.39, 0.29) is 5.78 Å². The number of rotatable bonds is 2. The molecule has 4 heteroatoms. The van der Waals surface area contributed by atoms with E-state index < -0.39 is 0 Å². The second-order valence-corrected chi connectivity index (χ2v) is 5.20. The van der Waals surface area contributed by atoms with Crippen molar-refractivity contribution in [3.63, 3.8) is 0 Å². The SMILES string of the molecule is CC(=O)c1c(-c2sccc2C)csc1N. The Bertz CT molecular complexity index is 510. The number of anilines is 1. The number of aryl methyl sites for hydroxylation is 1. The molecule has 0 saturated heterocycles. The Hall–Kier alpha value is -1.13. The number of hydrogen-bond acceptors (Lipinski definition) is 4. The summed E-state index contributed by atoms with van der Waals surface area (Å²) in [5, 5.41) is 4.61. The first-order valence-electron chi connectivity index (χ1n) is 4.53. The summed E-state index contributed by atoms with van der Waals surface area (Å²) in [4.78, 5) is 12.6. The van der Waals surface area contributed by atoms with E-state index in [1.165, 1.54) is 16.9 Å². The molecule has 0 radical (unpaired) electrons. The number of hydrogen-bond donors (Lipinski definition) is 1. The molecule has 2 nitrogen and oxygen atoms in total. The van der Waals surface area contributed by atoms with E-state index >= 15 is 0 Å². The molecular weight excluding hydrogens is 226 g/mol. The summed E-state index contributed by atoms with van der Waals surface area (Å²) >= 11 is 3.08. The van der Waals surface area contributed by atoms with E-state index in [1.807, 2.05) is 17.7 Å². The van der Waals surface area contributed by atoms with Gasteiger partial charge in [-0.3, -0.25) is 4.79 Å².